The molecule has 1 aromatic carbocycles. The normalized spacial score (nSPS) is 22.3. The number of fused-ring (bicyclic) bond motifs is 1. The fourth-order valence-electron chi connectivity index (χ4n) is 3.65. The lowest BCUT2D eigenvalue weighted by Crippen LogP contribution is -2.50. The van der Waals surface area contributed by atoms with E-state index in [1.807, 2.05) is 6.07 Å². The Morgan fingerprint density at radius 1 is 1.20 bits per heavy atom. The van der Waals surface area contributed by atoms with E-state index >= 15 is 0 Å². The Kier molecular flexibility index (Phi) is 3.33. The molecule has 3 rings (SSSR count). The highest BCUT2D eigenvalue weighted by Gasteiger charge is 2.47. The van der Waals surface area contributed by atoms with E-state index in [9.17, 15) is 4.79 Å². The van der Waals surface area contributed by atoms with E-state index in [4.69, 9.17) is 0 Å². The first-order valence-electron chi connectivity index (χ1n) is 7.40. The van der Waals surface area contributed by atoms with Gasteiger partial charge in [-0.1, -0.05) is 22.0 Å². The van der Waals surface area contributed by atoms with Crippen LogP contribution < -0.4 is 0 Å². The molecule has 0 bridgehead atoms. The Bertz CT molecular complexity index is 551. The smallest absolute Gasteiger partial charge is 0.169 e. The summed E-state index contributed by atoms with van der Waals surface area (Å²) < 4.78 is 1.01. The van der Waals surface area contributed by atoms with Crippen LogP contribution in [0.2, 0.25) is 0 Å². The van der Waals surface area contributed by atoms with Crippen LogP contribution in [0, 0.1) is 5.41 Å². The van der Waals surface area contributed by atoms with Crippen molar-refractivity contribution in [1.29, 1.82) is 0 Å². The standard InChI is InChI=1S/C17H22BrNO/c1-16(2,3)19-8-6-17(7-9-19)11-12-4-5-13(18)10-14(12)15(17)20/h4-5,10H,6-9,11H2,1-3H3. The second kappa shape index (κ2) is 4.67. The number of Topliss-reactive ketones (excluding diaryl/α,β-unsaturated/α-hetero) is 1. The summed E-state index contributed by atoms with van der Waals surface area (Å²) in [5, 5.41) is 0. The van der Waals surface area contributed by atoms with Gasteiger partial charge in [0, 0.05) is 21.0 Å². The van der Waals surface area contributed by atoms with Gasteiger partial charge in [0.25, 0.3) is 0 Å². The summed E-state index contributed by atoms with van der Waals surface area (Å²) >= 11 is 3.48. The minimum Gasteiger partial charge on any atom is -0.298 e. The Morgan fingerprint density at radius 3 is 2.45 bits per heavy atom. The van der Waals surface area contributed by atoms with Gasteiger partial charge < -0.3 is 0 Å². The molecule has 0 atom stereocenters. The van der Waals surface area contributed by atoms with E-state index in [1.165, 1.54) is 5.56 Å². The molecular formula is C17H22BrNO. The zero-order valence-corrected chi connectivity index (χ0v) is 14.1. The predicted molar refractivity (Wildman–Crippen MR) is 85.2 cm³/mol. The molecule has 0 radical (unpaired) electrons. The van der Waals surface area contributed by atoms with E-state index < -0.39 is 0 Å². The second-order valence-corrected chi connectivity index (χ2v) is 8.16. The second-order valence-electron chi connectivity index (χ2n) is 7.25. The van der Waals surface area contributed by atoms with E-state index in [-0.39, 0.29) is 11.0 Å². The molecule has 20 heavy (non-hydrogen) atoms. The van der Waals surface area contributed by atoms with Crippen LogP contribution in [-0.4, -0.2) is 29.3 Å². The van der Waals surface area contributed by atoms with Gasteiger partial charge in [-0.2, -0.15) is 0 Å². The molecule has 0 saturated carbocycles. The van der Waals surface area contributed by atoms with Gasteiger partial charge in [0.15, 0.2) is 5.78 Å². The number of halogens is 1. The minimum absolute atomic E-state index is 0.120. The van der Waals surface area contributed by atoms with Crippen LogP contribution in [-0.2, 0) is 6.42 Å². The molecule has 1 saturated heterocycles. The van der Waals surface area contributed by atoms with Gasteiger partial charge in [-0.3, -0.25) is 9.69 Å². The maximum Gasteiger partial charge on any atom is 0.169 e. The van der Waals surface area contributed by atoms with Gasteiger partial charge in [-0.05, 0) is 70.8 Å². The molecule has 2 nitrogen and oxygen atoms in total. The molecule has 3 heteroatoms. The van der Waals surface area contributed by atoms with Crippen molar-refractivity contribution in [2.24, 2.45) is 5.41 Å². The largest absolute Gasteiger partial charge is 0.298 e. The van der Waals surface area contributed by atoms with Crippen molar-refractivity contribution >= 4 is 21.7 Å². The molecule has 1 heterocycles. The van der Waals surface area contributed by atoms with Crippen molar-refractivity contribution in [2.45, 2.75) is 45.6 Å². The Labute approximate surface area is 129 Å². The summed E-state index contributed by atoms with van der Waals surface area (Å²) in [5.74, 6) is 0.377. The number of nitrogens with zero attached hydrogens (tertiary/aromatic N) is 1. The highest BCUT2D eigenvalue weighted by molar-refractivity contribution is 9.10. The van der Waals surface area contributed by atoms with E-state index in [2.05, 4.69) is 53.7 Å². The number of likely N-dealkylation sites (tertiary alicyclic amines) is 1. The van der Waals surface area contributed by atoms with Gasteiger partial charge >= 0.3 is 0 Å². The number of ketones is 1. The number of carbonyl (C=O) groups is 1. The van der Waals surface area contributed by atoms with Crippen LogP contribution in [0.1, 0.15) is 49.5 Å². The van der Waals surface area contributed by atoms with Crippen LogP contribution in [0.5, 0.6) is 0 Å². The summed E-state index contributed by atoms with van der Waals surface area (Å²) in [5.41, 5.74) is 2.27. The fourth-order valence-corrected chi connectivity index (χ4v) is 4.02. The summed E-state index contributed by atoms with van der Waals surface area (Å²) in [6.07, 6.45) is 2.93. The highest BCUT2D eigenvalue weighted by Crippen LogP contribution is 2.45. The third kappa shape index (κ3) is 2.25. The number of carbonyl (C=O) groups excluding carboxylic acids is 1. The number of hydrogen-bond acceptors (Lipinski definition) is 2. The van der Waals surface area contributed by atoms with Crippen molar-refractivity contribution in [3.63, 3.8) is 0 Å². The number of piperidine rings is 1. The van der Waals surface area contributed by atoms with Gasteiger partial charge in [-0.15, -0.1) is 0 Å². The first-order chi connectivity index (χ1) is 9.32. The SMILES string of the molecule is CC(C)(C)N1CCC2(CC1)Cc1ccc(Br)cc1C2=O. The molecule has 108 valence electrons. The van der Waals surface area contributed by atoms with Crippen molar-refractivity contribution in [2.75, 3.05) is 13.1 Å². The highest BCUT2D eigenvalue weighted by atomic mass is 79.9. The topological polar surface area (TPSA) is 20.3 Å². The van der Waals surface area contributed by atoms with Crippen LogP contribution in [0.3, 0.4) is 0 Å². The Morgan fingerprint density at radius 2 is 1.85 bits per heavy atom. The van der Waals surface area contributed by atoms with Crippen molar-refractivity contribution in [1.82, 2.24) is 4.90 Å². The third-order valence-electron chi connectivity index (χ3n) is 5.00. The van der Waals surface area contributed by atoms with Crippen LogP contribution in [0.25, 0.3) is 0 Å². The zero-order valence-electron chi connectivity index (χ0n) is 12.5. The molecule has 0 N–H and O–H groups in total. The maximum absolute atomic E-state index is 12.8. The first kappa shape index (κ1) is 14.3. The summed E-state index contributed by atoms with van der Waals surface area (Å²) in [6.45, 7) is 8.84. The molecule has 0 amide bonds. The van der Waals surface area contributed by atoms with E-state index in [0.29, 0.717) is 5.78 Å². The van der Waals surface area contributed by atoms with Crippen molar-refractivity contribution in [3.8, 4) is 0 Å². The van der Waals surface area contributed by atoms with Crippen molar-refractivity contribution < 1.29 is 4.79 Å². The van der Waals surface area contributed by atoms with Gasteiger partial charge in [0.1, 0.15) is 0 Å². The molecule has 1 aliphatic heterocycles. The molecule has 2 aliphatic rings. The lowest BCUT2D eigenvalue weighted by Gasteiger charge is -2.44. The summed E-state index contributed by atoms with van der Waals surface area (Å²) in [4.78, 5) is 15.3. The summed E-state index contributed by atoms with van der Waals surface area (Å²) in [6, 6.07) is 6.17. The van der Waals surface area contributed by atoms with Crippen LogP contribution in [0.15, 0.2) is 22.7 Å². The average molecular weight is 336 g/mol. The maximum atomic E-state index is 12.8. The van der Waals surface area contributed by atoms with Crippen LogP contribution in [0.4, 0.5) is 0 Å². The quantitative estimate of drug-likeness (QED) is 0.712. The van der Waals surface area contributed by atoms with Gasteiger partial charge in [-0.25, -0.2) is 0 Å². The lowest BCUT2D eigenvalue weighted by molar-refractivity contribution is 0.0394. The third-order valence-corrected chi connectivity index (χ3v) is 5.49. The number of rotatable bonds is 0. The minimum atomic E-state index is -0.120. The molecule has 1 fully saturated rings. The molecule has 1 spiro atoms. The molecule has 0 unspecified atom stereocenters. The Balaban J connectivity index is 1.83. The molecular weight excluding hydrogens is 314 g/mol. The fraction of sp³-hybridized carbons (Fsp3) is 0.588. The Hall–Kier alpha value is -0.670. The van der Waals surface area contributed by atoms with E-state index in [1.54, 1.807) is 0 Å². The molecule has 1 aliphatic carbocycles. The number of benzene rings is 1. The summed E-state index contributed by atoms with van der Waals surface area (Å²) in [7, 11) is 0. The average Bonchev–Trinajstić information content (AvgIpc) is 2.63. The molecule has 1 aromatic rings. The predicted octanol–water partition coefficient (Wildman–Crippen LogP) is 4.07. The first-order valence-corrected chi connectivity index (χ1v) is 8.19. The molecule has 0 aromatic heterocycles. The zero-order chi connectivity index (χ0) is 14.5. The number of hydrogen-bond donors (Lipinski definition) is 0. The van der Waals surface area contributed by atoms with Crippen LogP contribution >= 0.6 is 15.9 Å². The van der Waals surface area contributed by atoms with E-state index in [0.717, 1.165) is 42.4 Å². The monoisotopic (exact) mass is 335 g/mol. The van der Waals surface area contributed by atoms with Crippen molar-refractivity contribution in [3.05, 3.63) is 33.8 Å². The van der Waals surface area contributed by atoms with Gasteiger partial charge in [0.2, 0.25) is 0 Å². The lowest BCUT2D eigenvalue weighted by atomic mass is 9.74. The van der Waals surface area contributed by atoms with Gasteiger partial charge in [0.05, 0.1) is 0 Å².